The maximum Gasteiger partial charge on any atom is 0.573 e. The maximum absolute atomic E-state index is 12.0. The van der Waals surface area contributed by atoms with E-state index in [9.17, 15) is 18.0 Å². The summed E-state index contributed by atoms with van der Waals surface area (Å²) in [5.41, 5.74) is -0.145. The van der Waals surface area contributed by atoms with Crippen molar-refractivity contribution < 1.29 is 22.7 Å². The number of hydrogen-bond donors (Lipinski definition) is 0. The quantitative estimate of drug-likeness (QED) is 0.787. The van der Waals surface area contributed by atoms with Crippen molar-refractivity contribution in [2.45, 2.75) is 13.3 Å². The molecule has 0 fully saturated rings. The third-order valence-corrected chi connectivity index (χ3v) is 2.59. The number of benzene rings is 1. The molecule has 0 saturated heterocycles. The van der Waals surface area contributed by atoms with E-state index in [0.29, 0.717) is 0 Å². The van der Waals surface area contributed by atoms with Crippen LogP contribution in [0, 0.1) is 11.3 Å². The van der Waals surface area contributed by atoms with Gasteiger partial charge >= 0.3 is 6.36 Å². The molecule has 0 aliphatic carbocycles. The molecule has 0 atom stereocenters. The summed E-state index contributed by atoms with van der Waals surface area (Å²) in [7, 11) is 0. The number of carbonyl (C=O) groups excluding carboxylic acids is 1. The molecular weight excluding hydrogens is 303 g/mol. The molecular formula is C10H5BrF3NO2. The van der Waals surface area contributed by atoms with Crippen molar-refractivity contribution in [2.24, 2.45) is 0 Å². The van der Waals surface area contributed by atoms with Crippen molar-refractivity contribution in [3.8, 4) is 11.8 Å². The van der Waals surface area contributed by atoms with Crippen molar-refractivity contribution in [3.05, 3.63) is 27.7 Å². The van der Waals surface area contributed by atoms with Gasteiger partial charge in [0.15, 0.2) is 5.78 Å². The maximum atomic E-state index is 12.0. The lowest BCUT2D eigenvalue weighted by molar-refractivity contribution is -0.274. The molecule has 0 aliphatic heterocycles. The average molecular weight is 308 g/mol. The standard InChI is InChI=1S/C10H5BrF3NO2/c1-5(16)8-6(4-15)2-3-7(9(8)11)17-10(12,13)14/h2-3H,1H3. The van der Waals surface area contributed by atoms with Gasteiger partial charge in [0.1, 0.15) is 5.75 Å². The fourth-order valence-corrected chi connectivity index (χ4v) is 1.90. The molecule has 0 radical (unpaired) electrons. The number of halogens is 4. The number of ether oxygens (including phenoxy) is 1. The molecule has 90 valence electrons. The third kappa shape index (κ3) is 3.20. The predicted octanol–water partition coefficient (Wildman–Crippen LogP) is 3.42. The van der Waals surface area contributed by atoms with Crippen LogP contribution in [0.5, 0.6) is 5.75 Å². The Morgan fingerprint density at radius 3 is 2.47 bits per heavy atom. The Bertz CT molecular complexity index is 505. The SMILES string of the molecule is CC(=O)c1c(C#N)ccc(OC(F)(F)F)c1Br. The van der Waals surface area contributed by atoms with E-state index in [2.05, 4.69) is 20.7 Å². The summed E-state index contributed by atoms with van der Waals surface area (Å²) in [5, 5.41) is 8.73. The van der Waals surface area contributed by atoms with Gasteiger partial charge in [0, 0.05) is 0 Å². The van der Waals surface area contributed by atoms with Crippen LogP contribution in [0.25, 0.3) is 0 Å². The van der Waals surface area contributed by atoms with Crippen molar-refractivity contribution in [3.63, 3.8) is 0 Å². The Labute approximate surface area is 103 Å². The van der Waals surface area contributed by atoms with Crippen LogP contribution < -0.4 is 4.74 Å². The van der Waals surface area contributed by atoms with Crippen LogP contribution in [0.15, 0.2) is 16.6 Å². The molecule has 0 aromatic heterocycles. The minimum absolute atomic E-state index is 0.0149. The van der Waals surface area contributed by atoms with Crippen molar-refractivity contribution >= 4 is 21.7 Å². The van der Waals surface area contributed by atoms with Crippen molar-refractivity contribution in [1.29, 1.82) is 5.26 Å². The minimum atomic E-state index is -4.86. The molecule has 0 unspecified atom stereocenters. The van der Waals surface area contributed by atoms with Crippen LogP contribution in [0.2, 0.25) is 0 Å². The smallest absolute Gasteiger partial charge is 0.405 e. The number of carbonyl (C=O) groups is 1. The molecule has 0 aliphatic rings. The summed E-state index contributed by atoms with van der Waals surface area (Å²) in [4.78, 5) is 11.2. The van der Waals surface area contributed by atoms with E-state index in [4.69, 9.17) is 5.26 Å². The third-order valence-electron chi connectivity index (χ3n) is 1.80. The first kappa shape index (κ1) is 13.5. The van der Waals surface area contributed by atoms with E-state index < -0.39 is 17.9 Å². The lowest BCUT2D eigenvalue weighted by Gasteiger charge is -2.12. The van der Waals surface area contributed by atoms with E-state index in [1.54, 1.807) is 6.07 Å². The number of rotatable bonds is 2. The lowest BCUT2D eigenvalue weighted by atomic mass is 10.1. The Morgan fingerprint density at radius 1 is 1.47 bits per heavy atom. The lowest BCUT2D eigenvalue weighted by Crippen LogP contribution is -2.18. The zero-order valence-corrected chi connectivity index (χ0v) is 10.0. The Balaban J connectivity index is 3.35. The van der Waals surface area contributed by atoms with Crippen LogP contribution >= 0.6 is 15.9 Å². The van der Waals surface area contributed by atoms with E-state index in [0.717, 1.165) is 19.1 Å². The minimum Gasteiger partial charge on any atom is -0.405 e. The molecule has 17 heavy (non-hydrogen) atoms. The highest BCUT2D eigenvalue weighted by Crippen LogP contribution is 2.34. The molecule has 0 bridgehead atoms. The number of ketones is 1. The van der Waals surface area contributed by atoms with E-state index in [1.165, 1.54) is 0 Å². The Kier molecular flexibility index (Phi) is 3.78. The summed E-state index contributed by atoms with van der Waals surface area (Å²) >= 11 is 2.83. The summed E-state index contributed by atoms with van der Waals surface area (Å²) in [5.74, 6) is -1.08. The van der Waals surface area contributed by atoms with Crippen LogP contribution in [0.4, 0.5) is 13.2 Å². The molecule has 0 N–H and O–H groups in total. The first-order chi connectivity index (χ1) is 7.76. The number of alkyl halides is 3. The van der Waals surface area contributed by atoms with Crippen LogP contribution in [0.3, 0.4) is 0 Å². The second-order valence-electron chi connectivity index (χ2n) is 3.02. The van der Waals surface area contributed by atoms with Gasteiger partial charge in [0.05, 0.1) is 21.7 Å². The molecule has 0 heterocycles. The van der Waals surface area contributed by atoms with Crippen molar-refractivity contribution in [2.75, 3.05) is 0 Å². The van der Waals surface area contributed by atoms with E-state index in [-0.39, 0.29) is 15.6 Å². The topological polar surface area (TPSA) is 50.1 Å². The molecule has 1 aromatic rings. The number of nitrogens with zero attached hydrogens (tertiary/aromatic N) is 1. The summed E-state index contributed by atoms with van der Waals surface area (Å²) in [6, 6.07) is 3.79. The van der Waals surface area contributed by atoms with Gasteiger partial charge in [-0.2, -0.15) is 5.26 Å². The van der Waals surface area contributed by atoms with Gasteiger partial charge in [-0.1, -0.05) is 0 Å². The Hall–Kier alpha value is -1.55. The molecule has 3 nitrogen and oxygen atoms in total. The zero-order chi connectivity index (χ0) is 13.2. The summed E-state index contributed by atoms with van der Waals surface area (Å²) < 4.78 is 39.7. The average Bonchev–Trinajstić information content (AvgIpc) is 2.18. The van der Waals surface area contributed by atoms with E-state index >= 15 is 0 Å². The predicted molar refractivity (Wildman–Crippen MR) is 55.5 cm³/mol. The molecule has 7 heteroatoms. The van der Waals surface area contributed by atoms with Gasteiger partial charge in [-0.05, 0) is 35.0 Å². The van der Waals surface area contributed by atoms with E-state index in [1.807, 2.05) is 0 Å². The van der Waals surface area contributed by atoms with Gasteiger partial charge in [0.2, 0.25) is 0 Å². The van der Waals surface area contributed by atoms with Gasteiger partial charge in [-0.15, -0.1) is 13.2 Å². The first-order valence-electron chi connectivity index (χ1n) is 4.25. The van der Waals surface area contributed by atoms with Crippen molar-refractivity contribution in [1.82, 2.24) is 0 Å². The van der Waals surface area contributed by atoms with Gasteiger partial charge < -0.3 is 4.74 Å². The molecule has 0 spiro atoms. The highest BCUT2D eigenvalue weighted by molar-refractivity contribution is 9.10. The summed E-state index contributed by atoms with van der Waals surface area (Å²) in [6.07, 6.45) is -4.86. The fraction of sp³-hybridized carbons (Fsp3) is 0.200. The van der Waals surface area contributed by atoms with Crippen LogP contribution in [-0.4, -0.2) is 12.1 Å². The normalized spacial score (nSPS) is 10.8. The number of nitriles is 1. The largest absolute Gasteiger partial charge is 0.573 e. The molecule has 1 rings (SSSR count). The van der Waals surface area contributed by atoms with Gasteiger partial charge in [-0.25, -0.2) is 0 Å². The Morgan fingerprint density at radius 2 is 2.06 bits per heavy atom. The zero-order valence-electron chi connectivity index (χ0n) is 8.43. The van der Waals surface area contributed by atoms with Gasteiger partial charge in [0.25, 0.3) is 0 Å². The highest BCUT2D eigenvalue weighted by atomic mass is 79.9. The number of hydrogen-bond acceptors (Lipinski definition) is 3. The molecule has 1 aromatic carbocycles. The number of Topliss-reactive ketones (excluding diaryl/α,β-unsaturated/α-hetero) is 1. The van der Waals surface area contributed by atoms with Crippen LogP contribution in [0.1, 0.15) is 22.8 Å². The molecule has 0 saturated carbocycles. The summed E-state index contributed by atoms with van der Waals surface area (Å²) in [6.45, 7) is 1.15. The van der Waals surface area contributed by atoms with Gasteiger partial charge in [-0.3, -0.25) is 4.79 Å². The second-order valence-corrected chi connectivity index (χ2v) is 3.81. The first-order valence-corrected chi connectivity index (χ1v) is 5.05. The monoisotopic (exact) mass is 307 g/mol. The fourth-order valence-electron chi connectivity index (χ4n) is 1.20. The second kappa shape index (κ2) is 4.75. The molecule has 0 amide bonds. The van der Waals surface area contributed by atoms with Crippen LogP contribution in [-0.2, 0) is 0 Å². The highest BCUT2D eigenvalue weighted by Gasteiger charge is 2.32.